The second-order valence-electron chi connectivity index (χ2n) is 5.36. The highest BCUT2D eigenvalue weighted by atomic mass is 16.5. The average Bonchev–Trinajstić information content (AvgIpc) is 3.15. The van der Waals surface area contributed by atoms with Crippen molar-refractivity contribution >= 4 is 11.7 Å². The first-order valence-corrected chi connectivity index (χ1v) is 7.92. The number of benzene rings is 1. The zero-order valence-electron chi connectivity index (χ0n) is 13.6. The van der Waals surface area contributed by atoms with E-state index in [4.69, 9.17) is 4.74 Å². The topological polar surface area (TPSA) is 81.1 Å². The molecule has 0 aliphatic heterocycles. The first kappa shape index (κ1) is 16.5. The van der Waals surface area contributed by atoms with Crippen molar-refractivity contribution in [3.8, 4) is 5.75 Å². The first-order chi connectivity index (χ1) is 12.3. The lowest BCUT2D eigenvalue weighted by Crippen LogP contribution is -2.31. The van der Waals surface area contributed by atoms with Gasteiger partial charge in [-0.1, -0.05) is 6.07 Å². The lowest BCUT2D eigenvalue weighted by molar-refractivity contribution is 0.251. The van der Waals surface area contributed by atoms with Crippen LogP contribution >= 0.6 is 0 Å². The van der Waals surface area contributed by atoms with Gasteiger partial charge in [0.1, 0.15) is 12.4 Å². The summed E-state index contributed by atoms with van der Waals surface area (Å²) in [5, 5.41) is 5.58. The number of carbonyl (C=O) groups excluding carboxylic acids is 1. The van der Waals surface area contributed by atoms with Gasteiger partial charge in [0.25, 0.3) is 0 Å². The largest absolute Gasteiger partial charge is 0.489 e. The smallest absolute Gasteiger partial charge is 0.319 e. The Labute approximate surface area is 145 Å². The molecule has 128 valence electrons. The van der Waals surface area contributed by atoms with Gasteiger partial charge in [0.2, 0.25) is 0 Å². The molecule has 7 heteroatoms. The van der Waals surface area contributed by atoms with Crippen molar-refractivity contribution < 1.29 is 9.53 Å². The second-order valence-corrected chi connectivity index (χ2v) is 5.36. The molecule has 7 nitrogen and oxygen atoms in total. The Morgan fingerprint density at radius 2 is 2.00 bits per heavy atom. The number of anilines is 1. The molecule has 0 aliphatic carbocycles. The van der Waals surface area contributed by atoms with Crippen molar-refractivity contribution in [3.05, 3.63) is 73.1 Å². The Bertz CT molecular complexity index is 773. The predicted molar refractivity (Wildman–Crippen MR) is 94.3 cm³/mol. The number of aromatic nitrogens is 3. The van der Waals surface area contributed by atoms with Crippen LogP contribution in [0.3, 0.4) is 0 Å². The molecule has 0 saturated carbocycles. The fraction of sp³-hybridized carbons (Fsp3) is 0.167. The molecule has 0 unspecified atom stereocenters. The Morgan fingerprint density at radius 1 is 1.12 bits per heavy atom. The van der Waals surface area contributed by atoms with Crippen LogP contribution in [-0.2, 0) is 13.2 Å². The molecule has 1 aromatic carbocycles. The van der Waals surface area contributed by atoms with Crippen molar-refractivity contribution in [2.24, 2.45) is 0 Å². The Hall–Kier alpha value is -3.35. The maximum atomic E-state index is 11.9. The van der Waals surface area contributed by atoms with Gasteiger partial charge in [-0.05, 0) is 30.3 Å². The van der Waals surface area contributed by atoms with Crippen LogP contribution in [0, 0.1) is 0 Å². The third-order valence-corrected chi connectivity index (χ3v) is 3.46. The first-order valence-electron chi connectivity index (χ1n) is 7.92. The van der Waals surface area contributed by atoms with E-state index in [1.807, 2.05) is 35.0 Å². The highest BCUT2D eigenvalue weighted by Gasteiger charge is 2.02. The summed E-state index contributed by atoms with van der Waals surface area (Å²) in [5.41, 5.74) is 1.70. The molecule has 0 atom stereocenters. The Morgan fingerprint density at radius 3 is 2.72 bits per heavy atom. The molecule has 0 bridgehead atoms. The van der Waals surface area contributed by atoms with Gasteiger partial charge >= 0.3 is 6.03 Å². The number of carbonyl (C=O) groups is 1. The maximum absolute atomic E-state index is 11.9. The summed E-state index contributed by atoms with van der Waals surface area (Å²) in [6.45, 7) is 1.65. The number of hydrogen-bond acceptors (Lipinski definition) is 4. The quantitative estimate of drug-likeness (QED) is 0.694. The van der Waals surface area contributed by atoms with Gasteiger partial charge in [0.15, 0.2) is 0 Å². The van der Waals surface area contributed by atoms with E-state index >= 15 is 0 Å². The summed E-state index contributed by atoms with van der Waals surface area (Å²) in [5.74, 6) is 0.731. The van der Waals surface area contributed by atoms with Crippen LogP contribution in [0.4, 0.5) is 10.5 Å². The maximum Gasteiger partial charge on any atom is 0.319 e. The van der Waals surface area contributed by atoms with Crippen LogP contribution in [0.2, 0.25) is 0 Å². The lowest BCUT2D eigenvalue weighted by atomic mass is 10.3. The van der Waals surface area contributed by atoms with Gasteiger partial charge in [-0.25, -0.2) is 9.78 Å². The average molecular weight is 337 g/mol. The van der Waals surface area contributed by atoms with Gasteiger partial charge < -0.3 is 19.9 Å². The molecule has 0 radical (unpaired) electrons. The van der Waals surface area contributed by atoms with Gasteiger partial charge in [-0.3, -0.25) is 4.98 Å². The summed E-state index contributed by atoms with van der Waals surface area (Å²) in [6.07, 6.45) is 8.76. The third-order valence-electron chi connectivity index (χ3n) is 3.46. The molecule has 0 aliphatic rings. The zero-order chi connectivity index (χ0) is 17.3. The van der Waals surface area contributed by atoms with E-state index in [0.29, 0.717) is 25.4 Å². The minimum absolute atomic E-state index is 0.246. The molecular formula is C18H19N5O2. The van der Waals surface area contributed by atoms with Gasteiger partial charge in [0, 0.05) is 49.1 Å². The highest BCUT2D eigenvalue weighted by molar-refractivity contribution is 5.89. The summed E-state index contributed by atoms with van der Waals surface area (Å²) in [7, 11) is 0. The minimum atomic E-state index is -0.246. The van der Waals surface area contributed by atoms with E-state index in [1.54, 1.807) is 37.1 Å². The molecule has 2 N–H and O–H groups in total. The van der Waals surface area contributed by atoms with Crippen LogP contribution in [0.1, 0.15) is 5.56 Å². The number of amides is 2. The molecule has 2 amide bonds. The predicted octanol–water partition coefficient (Wildman–Crippen LogP) is 2.68. The Balaban J connectivity index is 1.41. The van der Waals surface area contributed by atoms with Crippen LogP contribution in [0.5, 0.6) is 5.75 Å². The molecule has 2 heterocycles. The van der Waals surface area contributed by atoms with Crippen molar-refractivity contribution in [3.63, 3.8) is 0 Å². The standard InChI is InChI=1S/C18H19N5O2/c24-18(21-9-11-23-10-8-20-14-23)22-16-3-5-17(6-4-16)25-13-15-2-1-7-19-12-15/h1-8,10,12,14H,9,11,13H2,(H2,21,22,24). The molecule has 25 heavy (non-hydrogen) atoms. The van der Waals surface area contributed by atoms with E-state index in [9.17, 15) is 4.79 Å². The van der Waals surface area contributed by atoms with Crippen LogP contribution < -0.4 is 15.4 Å². The molecule has 0 spiro atoms. The SMILES string of the molecule is O=C(NCCn1ccnc1)Nc1ccc(OCc2cccnc2)cc1. The van der Waals surface area contributed by atoms with E-state index < -0.39 is 0 Å². The third kappa shape index (κ3) is 5.35. The Kier molecular flexibility index (Phi) is 5.60. The zero-order valence-corrected chi connectivity index (χ0v) is 13.6. The monoisotopic (exact) mass is 337 g/mol. The van der Waals surface area contributed by atoms with Crippen molar-refractivity contribution in [2.75, 3.05) is 11.9 Å². The number of rotatable bonds is 7. The number of hydrogen-bond donors (Lipinski definition) is 2. The van der Waals surface area contributed by atoms with Crippen LogP contribution in [-0.4, -0.2) is 27.1 Å². The summed E-state index contributed by atoms with van der Waals surface area (Å²) in [4.78, 5) is 19.8. The van der Waals surface area contributed by atoms with Gasteiger partial charge in [-0.2, -0.15) is 0 Å². The summed E-state index contributed by atoms with van der Waals surface area (Å²) < 4.78 is 7.58. The molecule has 2 aromatic heterocycles. The second kappa shape index (κ2) is 8.49. The summed E-state index contributed by atoms with van der Waals surface area (Å²) >= 11 is 0. The van der Waals surface area contributed by atoms with E-state index in [1.165, 1.54) is 0 Å². The van der Waals surface area contributed by atoms with Crippen molar-refractivity contribution in [1.82, 2.24) is 19.9 Å². The fourth-order valence-corrected chi connectivity index (χ4v) is 2.18. The molecule has 3 rings (SSSR count). The minimum Gasteiger partial charge on any atom is -0.489 e. The molecule has 0 fully saturated rings. The van der Waals surface area contributed by atoms with Crippen molar-refractivity contribution in [1.29, 1.82) is 0 Å². The lowest BCUT2D eigenvalue weighted by Gasteiger charge is -2.09. The van der Waals surface area contributed by atoms with Crippen LogP contribution in [0.25, 0.3) is 0 Å². The number of nitrogens with one attached hydrogen (secondary N) is 2. The van der Waals surface area contributed by atoms with Crippen molar-refractivity contribution in [2.45, 2.75) is 13.2 Å². The molecule has 0 saturated heterocycles. The van der Waals surface area contributed by atoms with Gasteiger partial charge in [0.05, 0.1) is 6.33 Å². The highest BCUT2D eigenvalue weighted by Crippen LogP contribution is 2.16. The number of nitrogens with zero attached hydrogens (tertiary/aromatic N) is 3. The number of imidazole rings is 1. The summed E-state index contributed by atoms with van der Waals surface area (Å²) in [6, 6.07) is 10.8. The number of urea groups is 1. The fourth-order valence-electron chi connectivity index (χ4n) is 2.18. The molecule has 3 aromatic rings. The van der Waals surface area contributed by atoms with E-state index in [-0.39, 0.29) is 6.03 Å². The normalized spacial score (nSPS) is 10.2. The van der Waals surface area contributed by atoms with E-state index in [0.717, 1.165) is 11.3 Å². The van der Waals surface area contributed by atoms with E-state index in [2.05, 4.69) is 20.6 Å². The van der Waals surface area contributed by atoms with Crippen LogP contribution in [0.15, 0.2) is 67.5 Å². The van der Waals surface area contributed by atoms with Gasteiger partial charge in [-0.15, -0.1) is 0 Å². The molecular weight excluding hydrogens is 318 g/mol. The number of ether oxygens (including phenoxy) is 1. The number of pyridine rings is 1.